The fraction of sp³-hybridized carbons (Fsp3) is 0.500. The smallest absolute Gasteiger partial charge is 0.124 e. The molecule has 0 amide bonds. The van der Waals surface area contributed by atoms with Crippen LogP contribution >= 0.6 is 0 Å². The van der Waals surface area contributed by atoms with E-state index in [1.807, 2.05) is 6.07 Å². The van der Waals surface area contributed by atoms with Gasteiger partial charge in [0.2, 0.25) is 0 Å². The van der Waals surface area contributed by atoms with E-state index in [1.165, 1.54) is 6.07 Å². The second kappa shape index (κ2) is 7.39. The van der Waals surface area contributed by atoms with E-state index in [2.05, 4.69) is 16.7 Å². The number of aliphatic hydroxyl groups excluding tert-OH is 1. The van der Waals surface area contributed by atoms with Crippen molar-refractivity contribution in [2.45, 2.75) is 19.4 Å². The molecular weight excluding hydrogens is 255 g/mol. The van der Waals surface area contributed by atoms with Gasteiger partial charge in [-0.25, -0.2) is 4.39 Å². The zero-order valence-corrected chi connectivity index (χ0v) is 11.6. The van der Waals surface area contributed by atoms with E-state index in [0.29, 0.717) is 11.5 Å². The molecule has 0 saturated carbocycles. The van der Waals surface area contributed by atoms with Gasteiger partial charge in [0.25, 0.3) is 0 Å². The van der Waals surface area contributed by atoms with Crippen molar-refractivity contribution in [2.75, 3.05) is 26.2 Å². The maximum Gasteiger partial charge on any atom is 0.124 e. The maximum absolute atomic E-state index is 13.6. The fourth-order valence-electron chi connectivity index (χ4n) is 2.55. The summed E-state index contributed by atoms with van der Waals surface area (Å²) in [5.41, 5.74) is 6.95. The van der Waals surface area contributed by atoms with Crippen molar-refractivity contribution in [3.05, 3.63) is 35.1 Å². The van der Waals surface area contributed by atoms with Crippen molar-refractivity contribution >= 4 is 0 Å². The number of likely N-dealkylation sites (tertiary alicyclic amines) is 1. The Morgan fingerprint density at radius 1 is 1.30 bits per heavy atom. The number of benzene rings is 1. The second-order valence-electron chi connectivity index (χ2n) is 5.26. The highest BCUT2D eigenvalue weighted by molar-refractivity contribution is 5.38. The molecule has 0 aromatic heterocycles. The average Bonchev–Trinajstić information content (AvgIpc) is 2.45. The van der Waals surface area contributed by atoms with Crippen LogP contribution in [0.3, 0.4) is 0 Å². The van der Waals surface area contributed by atoms with Gasteiger partial charge in [-0.3, -0.25) is 4.90 Å². The van der Waals surface area contributed by atoms with Gasteiger partial charge in [0.1, 0.15) is 5.82 Å². The number of hydrogen-bond donors (Lipinski definition) is 2. The maximum atomic E-state index is 13.6. The van der Waals surface area contributed by atoms with Gasteiger partial charge in [-0.2, -0.15) is 0 Å². The molecule has 108 valence electrons. The van der Waals surface area contributed by atoms with E-state index in [9.17, 15) is 4.39 Å². The molecule has 1 aromatic rings. The zero-order valence-electron chi connectivity index (χ0n) is 11.6. The monoisotopic (exact) mass is 276 g/mol. The number of rotatable bonds is 3. The summed E-state index contributed by atoms with van der Waals surface area (Å²) in [6.45, 7) is 3.18. The highest BCUT2D eigenvalue weighted by Crippen LogP contribution is 2.19. The summed E-state index contributed by atoms with van der Waals surface area (Å²) in [5, 5.41) is 9.13. The Hall–Kier alpha value is -1.41. The number of nitrogens with two attached hydrogens (primary N) is 1. The molecule has 4 heteroatoms. The van der Waals surface area contributed by atoms with Crippen LogP contribution in [-0.2, 0) is 6.54 Å². The predicted octanol–water partition coefficient (Wildman–Crippen LogP) is 1.34. The van der Waals surface area contributed by atoms with Crippen LogP contribution in [0.4, 0.5) is 4.39 Å². The van der Waals surface area contributed by atoms with Gasteiger partial charge in [0, 0.05) is 18.7 Å². The van der Waals surface area contributed by atoms with Crippen LogP contribution in [-0.4, -0.2) is 36.2 Å². The van der Waals surface area contributed by atoms with Crippen LogP contribution in [0, 0.1) is 23.6 Å². The lowest BCUT2D eigenvalue weighted by molar-refractivity contribution is 0.127. The number of piperidine rings is 1. The first-order chi connectivity index (χ1) is 9.71. The third kappa shape index (κ3) is 4.31. The van der Waals surface area contributed by atoms with Gasteiger partial charge >= 0.3 is 0 Å². The molecule has 1 aliphatic heterocycles. The zero-order chi connectivity index (χ0) is 14.4. The Morgan fingerprint density at radius 2 is 2.05 bits per heavy atom. The van der Waals surface area contributed by atoms with E-state index in [-0.39, 0.29) is 19.0 Å². The summed E-state index contributed by atoms with van der Waals surface area (Å²) in [6, 6.07) is 4.92. The first-order valence-corrected chi connectivity index (χ1v) is 7.03. The molecule has 3 N–H and O–H groups in total. The molecule has 0 radical (unpaired) electrons. The Morgan fingerprint density at radius 3 is 2.70 bits per heavy atom. The van der Waals surface area contributed by atoms with Crippen molar-refractivity contribution in [1.82, 2.24) is 4.90 Å². The summed E-state index contributed by atoms with van der Waals surface area (Å²) >= 11 is 0. The highest BCUT2D eigenvalue weighted by Gasteiger charge is 2.18. The fourth-order valence-corrected chi connectivity index (χ4v) is 2.55. The van der Waals surface area contributed by atoms with Gasteiger partial charge in [-0.1, -0.05) is 11.8 Å². The van der Waals surface area contributed by atoms with Crippen molar-refractivity contribution in [2.24, 2.45) is 11.7 Å². The molecule has 1 aliphatic rings. The molecule has 0 bridgehead atoms. The number of hydrogen-bond acceptors (Lipinski definition) is 3. The molecule has 3 nitrogen and oxygen atoms in total. The molecule has 0 unspecified atom stereocenters. The number of nitrogens with zero attached hydrogens (tertiary/aromatic N) is 1. The molecule has 0 atom stereocenters. The first-order valence-electron chi connectivity index (χ1n) is 7.03. The van der Waals surface area contributed by atoms with Gasteiger partial charge in [-0.05, 0) is 55.6 Å². The quantitative estimate of drug-likeness (QED) is 0.819. The third-order valence-corrected chi connectivity index (χ3v) is 3.66. The standard InChI is InChI=1S/C16H21FN2O/c17-16-9-14(2-1-5-18)8-15(10-16)11-19-6-3-13(12-20)4-7-19/h8-10,13,20H,3-7,11-12,18H2. The van der Waals surface area contributed by atoms with Crippen LogP contribution in [0.15, 0.2) is 18.2 Å². The lowest BCUT2D eigenvalue weighted by Crippen LogP contribution is -2.34. The van der Waals surface area contributed by atoms with Crippen molar-refractivity contribution in [3.63, 3.8) is 0 Å². The van der Waals surface area contributed by atoms with Crippen LogP contribution in [0.1, 0.15) is 24.0 Å². The molecule has 0 spiro atoms. The normalized spacial score (nSPS) is 16.8. The van der Waals surface area contributed by atoms with Gasteiger partial charge in [-0.15, -0.1) is 0 Å². The highest BCUT2D eigenvalue weighted by atomic mass is 19.1. The number of halogens is 1. The van der Waals surface area contributed by atoms with Crippen LogP contribution in [0.2, 0.25) is 0 Å². The van der Waals surface area contributed by atoms with E-state index < -0.39 is 0 Å². The molecular formula is C16H21FN2O. The molecule has 1 fully saturated rings. The summed E-state index contributed by atoms with van der Waals surface area (Å²) in [6.07, 6.45) is 2.01. The molecule has 20 heavy (non-hydrogen) atoms. The van der Waals surface area contributed by atoms with Crippen molar-refractivity contribution in [3.8, 4) is 11.8 Å². The van der Waals surface area contributed by atoms with Gasteiger partial charge in [0.05, 0.1) is 6.54 Å². The Balaban J connectivity index is 2.00. The van der Waals surface area contributed by atoms with Gasteiger partial charge in [0.15, 0.2) is 0 Å². The molecule has 1 saturated heterocycles. The summed E-state index contributed by atoms with van der Waals surface area (Å²) in [4.78, 5) is 2.29. The minimum atomic E-state index is -0.255. The van der Waals surface area contributed by atoms with Crippen LogP contribution in [0.25, 0.3) is 0 Å². The third-order valence-electron chi connectivity index (χ3n) is 3.66. The largest absolute Gasteiger partial charge is 0.396 e. The van der Waals surface area contributed by atoms with E-state index in [1.54, 1.807) is 6.07 Å². The summed E-state index contributed by atoms with van der Waals surface area (Å²) in [7, 11) is 0. The topological polar surface area (TPSA) is 49.5 Å². The molecule has 0 aliphatic carbocycles. The second-order valence-corrected chi connectivity index (χ2v) is 5.26. The Kier molecular flexibility index (Phi) is 5.54. The van der Waals surface area contributed by atoms with E-state index in [0.717, 1.165) is 38.0 Å². The first kappa shape index (κ1) is 15.0. The lowest BCUT2D eigenvalue weighted by Gasteiger charge is -2.31. The molecule has 1 heterocycles. The number of aliphatic hydroxyl groups is 1. The van der Waals surface area contributed by atoms with E-state index in [4.69, 9.17) is 10.8 Å². The minimum Gasteiger partial charge on any atom is -0.396 e. The van der Waals surface area contributed by atoms with Crippen LogP contribution < -0.4 is 5.73 Å². The summed E-state index contributed by atoms with van der Waals surface area (Å²) < 4.78 is 13.6. The molecule has 1 aromatic carbocycles. The van der Waals surface area contributed by atoms with E-state index >= 15 is 0 Å². The van der Waals surface area contributed by atoms with Crippen molar-refractivity contribution < 1.29 is 9.50 Å². The van der Waals surface area contributed by atoms with Gasteiger partial charge < -0.3 is 10.8 Å². The Labute approximate surface area is 119 Å². The summed E-state index contributed by atoms with van der Waals surface area (Å²) in [5.74, 6) is 5.78. The SMILES string of the molecule is NCC#Cc1cc(F)cc(CN2CCC(CO)CC2)c1. The Bertz CT molecular complexity index is 499. The van der Waals surface area contributed by atoms with Crippen molar-refractivity contribution in [1.29, 1.82) is 0 Å². The van der Waals surface area contributed by atoms with Crippen LogP contribution in [0.5, 0.6) is 0 Å². The lowest BCUT2D eigenvalue weighted by atomic mass is 9.97. The minimum absolute atomic E-state index is 0.255. The average molecular weight is 276 g/mol. The predicted molar refractivity (Wildman–Crippen MR) is 77.4 cm³/mol. The molecule has 2 rings (SSSR count).